The predicted octanol–water partition coefficient (Wildman–Crippen LogP) is 3.34. The number of nitrogens with one attached hydrogen (secondary N) is 1. The maximum Gasteiger partial charge on any atom is 0.123 e. The van der Waals surface area contributed by atoms with Crippen molar-refractivity contribution in [3.63, 3.8) is 0 Å². The molecule has 90 valence electrons. The van der Waals surface area contributed by atoms with E-state index in [9.17, 15) is 4.39 Å². The molecule has 4 heteroatoms. The Morgan fingerprint density at radius 2 is 1.81 bits per heavy atom. The third kappa shape index (κ3) is 4.32. The van der Waals surface area contributed by atoms with Crippen LogP contribution in [0, 0.1) is 11.7 Å². The summed E-state index contributed by atoms with van der Waals surface area (Å²) in [5.41, 5.74) is 0. The van der Waals surface area contributed by atoms with E-state index in [1.807, 2.05) is 23.9 Å². The van der Waals surface area contributed by atoms with Gasteiger partial charge in [-0.3, -0.25) is 0 Å². The second kappa shape index (κ2) is 7.15. The van der Waals surface area contributed by atoms with Crippen LogP contribution >= 0.6 is 24.2 Å². The Kier molecular flexibility index (Phi) is 6.17. The van der Waals surface area contributed by atoms with Gasteiger partial charge in [0.25, 0.3) is 0 Å². The van der Waals surface area contributed by atoms with Crippen LogP contribution in [-0.4, -0.2) is 18.8 Å². The number of rotatable bonds is 3. The highest BCUT2D eigenvalue weighted by Gasteiger charge is 2.12. The van der Waals surface area contributed by atoms with E-state index in [0.717, 1.165) is 24.8 Å². The molecule has 0 spiro atoms. The van der Waals surface area contributed by atoms with Gasteiger partial charge < -0.3 is 5.32 Å². The minimum absolute atomic E-state index is 0. The maximum atomic E-state index is 12.7. The van der Waals surface area contributed by atoms with Gasteiger partial charge in [0.2, 0.25) is 0 Å². The van der Waals surface area contributed by atoms with Gasteiger partial charge in [-0.05, 0) is 56.1 Å². The van der Waals surface area contributed by atoms with Crippen LogP contribution in [0.4, 0.5) is 4.39 Å². The zero-order valence-corrected chi connectivity index (χ0v) is 10.7. The van der Waals surface area contributed by atoms with E-state index < -0.39 is 0 Å². The lowest BCUT2D eigenvalue weighted by Gasteiger charge is -2.21. The highest BCUT2D eigenvalue weighted by molar-refractivity contribution is 7.99. The lowest BCUT2D eigenvalue weighted by molar-refractivity contribution is 0.408. The first-order valence-electron chi connectivity index (χ1n) is 5.44. The van der Waals surface area contributed by atoms with Gasteiger partial charge in [0.05, 0.1) is 0 Å². The summed E-state index contributed by atoms with van der Waals surface area (Å²) in [5.74, 6) is 1.83. The summed E-state index contributed by atoms with van der Waals surface area (Å²) in [5, 5.41) is 3.36. The van der Waals surface area contributed by atoms with Crippen LogP contribution < -0.4 is 5.32 Å². The number of thioether (sulfide) groups is 1. The first kappa shape index (κ1) is 13.8. The van der Waals surface area contributed by atoms with E-state index in [2.05, 4.69) is 5.32 Å². The largest absolute Gasteiger partial charge is 0.317 e. The van der Waals surface area contributed by atoms with Crippen molar-refractivity contribution in [3.8, 4) is 0 Å². The topological polar surface area (TPSA) is 12.0 Å². The molecule has 0 atom stereocenters. The number of piperidine rings is 1. The molecule has 0 bridgehead atoms. The first-order valence-corrected chi connectivity index (χ1v) is 6.42. The predicted molar refractivity (Wildman–Crippen MR) is 70.0 cm³/mol. The molecule has 0 aliphatic carbocycles. The Morgan fingerprint density at radius 3 is 2.44 bits per heavy atom. The monoisotopic (exact) mass is 261 g/mol. The fourth-order valence-corrected chi connectivity index (χ4v) is 2.88. The second-order valence-electron chi connectivity index (χ2n) is 3.96. The van der Waals surface area contributed by atoms with Crippen molar-refractivity contribution < 1.29 is 4.39 Å². The number of hydrogen-bond acceptors (Lipinski definition) is 2. The van der Waals surface area contributed by atoms with Gasteiger partial charge in [-0.1, -0.05) is 0 Å². The van der Waals surface area contributed by atoms with E-state index in [0.29, 0.717) is 0 Å². The summed E-state index contributed by atoms with van der Waals surface area (Å²) < 4.78 is 12.7. The number of halogens is 2. The second-order valence-corrected chi connectivity index (χ2v) is 5.05. The lowest BCUT2D eigenvalue weighted by atomic mass is 10.0. The van der Waals surface area contributed by atoms with Crippen molar-refractivity contribution >= 4 is 24.2 Å². The summed E-state index contributed by atoms with van der Waals surface area (Å²) in [6, 6.07) is 6.79. The van der Waals surface area contributed by atoms with E-state index in [4.69, 9.17) is 0 Å². The Hall–Kier alpha value is -0.250. The quantitative estimate of drug-likeness (QED) is 0.838. The standard InChI is InChI=1S/C12H16FNS.ClH/c13-11-1-3-12(4-2-11)15-9-10-5-7-14-8-6-10;/h1-4,10,14H,5-9H2;1H. The van der Waals surface area contributed by atoms with E-state index in [-0.39, 0.29) is 18.2 Å². The summed E-state index contributed by atoms with van der Waals surface area (Å²) in [6.07, 6.45) is 2.54. The fourth-order valence-electron chi connectivity index (χ4n) is 1.79. The van der Waals surface area contributed by atoms with Crippen molar-refractivity contribution in [1.29, 1.82) is 0 Å². The Bertz CT molecular complexity index is 298. The molecule has 0 radical (unpaired) electrons. The molecule has 1 aromatic rings. The molecule has 16 heavy (non-hydrogen) atoms. The Morgan fingerprint density at radius 1 is 1.19 bits per heavy atom. The number of benzene rings is 1. The van der Waals surface area contributed by atoms with Gasteiger partial charge in [-0.25, -0.2) is 4.39 Å². The third-order valence-corrected chi connectivity index (χ3v) is 4.00. The van der Waals surface area contributed by atoms with E-state index in [1.165, 1.54) is 29.9 Å². The van der Waals surface area contributed by atoms with E-state index in [1.54, 1.807) is 0 Å². The van der Waals surface area contributed by atoms with Crippen LogP contribution in [0.2, 0.25) is 0 Å². The molecule has 1 N–H and O–H groups in total. The minimum Gasteiger partial charge on any atom is -0.317 e. The van der Waals surface area contributed by atoms with Crippen molar-refractivity contribution in [2.24, 2.45) is 5.92 Å². The first-order chi connectivity index (χ1) is 7.34. The minimum atomic E-state index is -0.152. The van der Waals surface area contributed by atoms with Crippen molar-refractivity contribution in [1.82, 2.24) is 5.32 Å². The molecule has 1 saturated heterocycles. The zero-order chi connectivity index (χ0) is 10.5. The SMILES string of the molecule is Cl.Fc1ccc(SCC2CCNCC2)cc1. The van der Waals surface area contributed by atoms with Crippen molar-refractivity contribution in [2.45, 2.75) is 17.7 Å². The van der Waals surface area contributed by atoms with Crippen LogP contribution in [0.25, 0.3) is 0 Å². The molecule has 0 saturated carbocycles. The van der Waals surface area contributed by atoms with Crippen molar-refractivity contribution in [2.75, 3.05) is 18.8 Å². The molecule has 1 aromatic carbocycles. The molecule has 2 rings (SSSR count). The lowest BCUT2D eigenvalue weighted by Crippen LogP contribution is -2.28. The van der Waals surface area contributed by atoms with Crippen LogP contribution in [0.3, 0.4) is 0 Å². The van der Waals surface area contributed by atoms with Gasteiger partial charge in [-0.15, -0.1) is 24.2 Å². The van der Waals surface area contributed by atoms with Crippen LogP contribution in [0.5, 0.6) is 0 Å². The van der Waals surface area contributed by atoms with Gasteiger partial charge >= 0.3 is 0 Å². The van der Waals surface area contributed by atoms with Crippen LogP contribution in [0.1, 0.15) is 12.8 Å². The van der Waals surface area contributed by atoms with Gasteiger partial charge in [-0.2, -0.15) is 0 Å². The fraction of sp³-hybridized carbons (Fsp3) is 0.500. The molecular formula is C12H17ClFNS. The summed E-state index contributed by atoms with van der Waals surface area (Å²) >= 11 is 1.84. The van der Waals surface area contributed by atoms with E-state index >= 15 is 0 Å². The van der Waals surface area contributed by atoms with Gasteiger partial charge in [0, 0.05) is 10.6 Å². The highest BCUT2D eigenvalue weighted by atomic mass is 35.5. The Balaban J connectivity index is 0.00000128. The zero-order valence-electron chi connectivity index (χ0n) is 9.12. The van der Waals surface area contributed by atoms with Gasteiger partial charge in [0.15, 0.2) is 0 Å². The molecule has 0 aromatic heterocycles. The van der Waals surface area contributed by atoms with Crippen molar-refractivity contribution in [3.05, 3.63) is 30.1 Å². The molecule has 1 nitrogen and oxygen atoms in total. The molecule has 1 heterocycles. The molecule has 1 aliphatic rings. The van der Waals surface area contributed by atoms with Crippen LogP contribution in [-0.2, 0) is 0 Å². The summed E-state index contributed by atoms with van der Waals surface area (Å²) in [7, 11) is 0. The highest BCUT2D eigenvalue weighted by Crippen LogP contribution is 2.24. The van der Waals surface area contributed by atoms with Crippen LogP contribution in [0.15, 0.2) is 29.2 Å². The van der Waals surface area contributed by atoms with Gasteiger partial charge in [0.1, 0.15) is 5.82 Å². The average Bonchev–Trinajstić information content (AvgIpc) is 2.30. The maximum absolute atomic E-state index is 12.7. The molecule has 0 unspecified atom stereocenters. The molecular weight excluding hydrogens is 245 g/mol. The molecule has 1 fully saturated rings. The molecule has 0 amide bonds. The average molecular weight is 262 g/mol. The number of hydrogen-bond donors (Lipinski definition) is 1. The molecule has 1 aliphatic heterocycles. The summed E-state index contributed by atoms with van der Waals surface area (Å²) in [6.45, 7) is 2.29. The third-order valence-electron chi connectivity index (χ3n) is 2.76. The Labute approximate surface area is 107 Å². The smallest absolute Gasteiger partial charge is 0.123 e. The normalized spacial score (nSPS) is 16.8. The summed E-state index contributed by atoms with van der Waals surface area (Å²) in [4.78, 5) is 1.18.